The predicted molar refractivity (Wildman–Crippen MR) is 98.7 cm³/mol. The zero-order chi connectivity index (χ0) is 21.9. The van der Waals surface area contributed by atoms with E-state index in [-0.39, 0.29) is 10.6 Å². The van der Waals surface area contributed by atoms with Gasteiger partial charge in [0.15, 0.2) is 5.78 Å². The van der Waals surface area contributed by atoms with E-state index in [2.05, 4.69) is 14.2 Å². The normalized spacial score (nSPS) is 10.2. The Bertz CT molecular complexity index is 1030. The van der Waals surface area contributed by atoms with E-state index in [1.165, 1.54) is 6.07 Å². The van der Waals surface area contributed by atoms with Gasteiger partial charge in [0, 0.05) is 10.6 Å². The number of ether oxygens (including phenoxy) is 3. The number of carbonyl (C=O) groups excluding carboxylic acids is 4. The Balaban J connectivity index is 2.96. The van der Waals surface area contributed by atoms with Crippen LogP contribution in [0.1, 0.15) is 47.0 Å². The van der Waals surface area contributed by atoms with Gasteiger partial charge in [0.25, 0.3) is 0 Å². The minimum Gasteiger partial charge on any atom is -0.507 e. The lowest BCUT2D eigenvalue weighted by molar-refractivity contribution is 0.0546. The van der Waals surface area contributed by atoms with Gasteiger partial charge in [-0.15, -0.1) is 0 Å². The molecule has 29 heavy (non-hydrogen) atoms. The number of methoxy groups -OCH3 is 3. The second kappa shape index (κ2) is 8.61. The van der Waals surface area contributed by atoms with E-state index in [9.17, 15) is 29.4 Å². The van der Waals surface area contributed by atoms with Gasteiger partial charge >= 0.3 is 17.9 Å². The lowest BCUT2D eigenvalue weighted by atomic mass is 9.90. The molecule has 0 aliphatic rings. The van der Waals surface area contributed by atoms with Crippen molar-refractivity contribution in [3.8, 4) is 11.5 Å². The van der Waals surface area contributed by atoms with Crippen LogP contribution in [0.25, 0.3) is 0 Å². The van der Waals surface area contributed by atoms with Crippen molar-refractivity contribution >= 4 is 35.3 Å². The van der Waals surface area contributed by atoms with Crippen LogP contribution in [0.4, 0.5) is 0 Å². The maximum absolute atomic E-state index is 13.1. The predicted octanol–water partition coefficient (Wildman–Crippen LogP) is 2.34. The number of benzene rings is 2. The maximum Gasteiger partial charge on any atom is 0.342 e. The smallest absolute Gasteiger partial charge is 0.342 e. The van der Waals surface area contributed by atoms with Gasteiger partial charge in [-0.3, -0.25) is 4.79 Å². The summed E-state index contributed by atoms with van der Waals surface area (Å²) in [6.07, 6.45) is 0. The van der Waals surface area contributed by atoms with E-state index in [4.69, 9.17) is 11.6 Å². The lowest BCUT2D eigenvalue weighted by Crippen LogP contribution is -2.20. The first-order chi connectivity index (χ1) is 13.7. The first-order valence-corrected chi connectivity index (χ1v) is 8.23. The van der Waals surface area contributed by atoms with Gasteiger partial charge in [0.05, 0.1) is 32.5 Å². The fraction of sp³-hybridized carbons (Fsp3) is 0.158. The second-order valence-corrected chi connectivity index (χ2v) is 5.97. The van der Waals surface area contributed by atoms with Gasteiger partial charge in [-0.2, -0.15) is 0 Å². The number of hydrogen-bond acceptors (Lipinski definition) is 9. The zero-order valence-corrected chi connectivity index (χ0v) is 16.2. The Kier molecular flexibility index (Phi) is 6.45. The number of esters is 3. The van der Waals surface area contributed by atoms with Crippen LogP contribution in [0.15, 0.2) is 24.3 Å². The van der Waals surface area contributed by atoms with Crippen LogP contribution in [0, 0.1) is 0 Å². The van der Waals surface area contributed by atoms with Crippen molar-refractivity contribution in [2.45, 2.75) is 0 Å². The van der Waals surface area contributed by atoms with Gasteiger partial charge in [-0.1, -0.05) is 11.6 Å². The highest BCUT2D eigenvalue weighted by atomic mass is 35.5. The second-order valence-electron chi connectivity index (χ2n) is 5.54. The Hall–Kier alpha value is -3.59. The van der Waals surface area contributed by atoms with Gasteiger partial charge in [-0.25, -0.2) is 14.4 Å². The highest BCUT2D eigenvalue weighted by Crippen LogP contribution is 2.34. The molecule has 10 heteroatoms. The molecule has 0 aliphatic heterocycles. The van der Waals surface area contributed by atoms with Crippen LogP contribution in [0.3, 0.4) is 0 Å². The molecule has 0 radical (unpaired) electrons. The largest absolute Gasteiger partial charge is 0.507 e. The van der Waals surface area contributed by atoms with Crippen molar-refractivity contribution in [2.24, 2.45) is 0 Å². The van der Waals surface area contributed by atoms with Crippen LogP contribution in [0.5, 0.6) is 11.5 Å². The molecule has 0 aromatic heterocycles. The number of ketones is 1. The van der Waals surface area contributed by atoms with Crippen molar-refractivity contribution in [3.63, 3.8) is 0 Å². The summed E-state index contributed by atoms with van der Waals surface area (Å²) < 4.78 is 13.7. The maximum atomic E-state index is 13.1. The third-order valence-electron chi connectivity index (χ3n) is 3.93. The summed E-state index contributed by atoms with van der Waals surface area (Å²) in [6.45, 7) is 0. The van der Waals surface area contributed by atoms with Gasteiger partial charge in [0.2, 0.25) is 0 Å². The number of carbonyl (C=O) groups is 4. The standard InChI is InChI=1S/C19H15ClO9/c1-27-17(24)11-7-10(15(22)9-6-8(20)4-5-12(9)21)13(18(25)28-2)14(16(11)23)19(26)29-3/h4-7,21,23H,1-3H3. The molecule has 0 saturated carbocycles. The van der Waals surface area contributed by atoms with E-state index in [0.29, 0.717) is 0 Å². The molecule has 9 nitrogen and oxygen atoms in total. The molecule has 152 valence electrons. The molecule has 2 rings (SSSR count). The average Bonchev–Trinajstić information content (AvgIpc) is 2.72. The van der Waals surface area contributed by atoms with E-state index >= 15 is 0 Å². The molecule has 2 N–H and O–H groups in total. The molecule has 0 spiro atoms. The Morgan fingerprint density at radius 2 is 1.31 bits per heavy atom. The molecule has 2 aromatic rings. The summed E-state index contributed by atoms with van der Waals surface area (Å²) in [5, 5.41) is 20.5. The third kappa shape index (κ3) is 3.99. The third-order valence-corrected chi connectivity index (χ3v) is 4.17. The summed E-state index contributed by atoms with van der Waals surface area (Å²) in [7, 11) is 2.97. The Labute approximate surface area is 169 Å². The fourth-order valence-electron chi connectivity index (χ4n) is 2.57. The van der Waals surface area contributed by atoms with Gasteiger partial charge < -0.3 is 24.4 Å². The lowest BCUT2D eigenvalue weighted by Gasteiger charge is -2.16. The first kappa shape index (κ1) is 21.7. The number of hydrogen-bond donors (Lipinski definition) is 2. The molecular formula is C19H15ClO9. The summed E-state index contributed by atoms with van der Waals surface area (Å²) in [5.41, 5.74) is -2.85. The minimum atomic E-state index is -1.21. The topological polar surface area (TPSA) is 136 Å². The number of halogens is 1. The van der Waals surface area contributed by atoms with Crippen molar-refractivity contribution < 1.29 is 43.6 Å². The van der Waals surface area contributed by atoms with Crippen LogP contribution < -0.4 is 0 Å². The van der Waals surface area contributed by atoms with Gasteiger partial charge in [-0.05, 0) is 24.3 Å². The number of rotatable bonds is 5. The Morgan fingerprint density at radius 1 is 0.759 bits per heavy atom. The number of aromatic hydroxyl groups is 2. The molecule has 0 saturated heterocycles. The first-order valence-electron chi connectivity index (χ1n) is 7.86. The summed E-state index contributed by atoms with van der Waals surface area (Å²) in [5.74, 6) is -5.84. The van der Waals surface area contributed by atoms with Gasteiger partial charge in [0.1, 0.15) is 22.6 Å². The minimum absolute atomic E-state index is 0.103. The van der Waals surface area contributed by atoms with Crippen molar-refractivity contribution in [3.05, 3.63) is 57.1 Å². The van der Waals surface area contributed by atoms with Crippen LogP contribution in [-0.4, -0.2) is 55.2 Å². The van der Waals surface area contributed by atoms with Crippen molar-refractivity contribution in [2.75, 3.05) is 21.3 Å². The monoisotopic (exact) mass is 422 g/mol. The molecular weight excluding hydrogens is 408 g/mol. The van der Waals surface area contributed by atoms with Crippen molar-refractivity contribution in [1.82, 2.24) is 0 Å². The van der Waals surface area contributed by atoms with E-state index in [1.54, 1.807) is 0 Å². The Morgan fingerprint density at radius 3 is 1.86 bits per heavy atom. The van der Waals surface area contributed by atoms with Crippen LogP contribution >= 0.6 is 11.6 Å². The highest BCUT2D eigenvalue weighted by Gasteiger charge is 2.34. The average molecular weight is 423 g/mol. The molecule has 0 fully saturated rings. The van der Waals surface area contributed by atoms with E-state index in [0.717, 1.165) is 39.5 Å². The quantitative estimate of drug-likeness (QED) is 0.422. The molecule has 0 heterocycles. The van der Waals surface area contributed by atoms with Crippen LogP contribution in [0.2, 0.25) is 5.02 Å². The number of phenols is 2. The fourth-order valence-corrected chi connectivity index (χ4v) is 2.74. The molecule has 0 aliphatic carbocycles. The van der Waals surface area contributed by atoms with E-state index < -0.39 is 57.4 Å². The van der Waals surface area contributed by atoms with Crippen LogP contribution in [-0.2, 0) is 14.2 Å². The highest BCUT2D eigenvalue weighted by molar-refractivity contribution is 6.31. The zero-order valence-electron chi connectivity index (χ0n) is 15.4. The molecule has 0 bridgehead atoms. The summed E-state index contributed by atoms with van der Waals surface area (Å²) >= 11 is 5.87. The molecule has 0 atom stereocenters. The van der Waals surface area contributed by atoms with E-state index in [1.807, 2.05) is 0 Å². The molecule has 0 amide bonds. The summed E-state index contributed by atoms with van der Waals surface area (Å²) in [4.78, 5) is 49.7. The molecule has 0 unspecified atom stereocenters. The van der Waals surface area contributed by atoms with Crippen molar-refractivity contribution in [1.29, 1.82) is 0 Å². The summed E-state index contributed by atoms with van der Waals surface area (Å²) in [6, 6.07) is 4.45. The SMILES string of the molecule is COC(=O)c1cc(C(=O)c2cc(Cl)ccc2O)c(C(=O)OC)c(C(=O)OC)c1O. The molecule has 2 aromatic carbocycles. The number of phenolic OH excluding ortho intramolecular Hbond substituents is 2.